The molecule has 0 aromatic rings. The van der Waals surface area contributed by atoms with Gasteiger partial charge >= 0.3 is 5.97 Å². The smallest absolute Gasteiger partial charge is 0.330 e. The zero-order valence-corrected chi connectivity index (χ0v) is 9.87. The maximum absolute atomic E-state index is 10.7. The van der Waals surface area contributed by atoms with Gasteiger partial charge in [-0.3, -0.25) is 0 Å². The van der Waals surface area contributed by atoms with Gasteiger partial charge < -0.3 is 4.74 Å². The van der Waals surface area contributed by atoms with Crippen LogP contribution in [0, 0.1) is 0 Å². The van der Waals surface area contributed by atoms with E-state index in [1.807, 2.05) is 6.08 Å². The molecule has 0 fully saturated rings. The Labute approximate surface area is 93.0 Å². The van der Waals surface area contributed by atoms with Crippen molar-refractivity contribution in [1.82, 2.24) is 0 Å². The van der Waals surface area contributed by atoms with Crippen molar-refractivity contribution in [2.24, 2.45) is 0 Å². The molecule has 0 aliphatic carbocycles. The van der Waals surface area contributed by atoms with Gasteiger partial charge in [-0.2, -0.15) is 0 Å². The van der Waals surface area contributed by atoms with E-state index in [2.05, 4.69) is 23.8 Å². The first kappa shape index (κ1) is 13.9. The molecular formula is C13H22O2. The van der Waals surface area contributed by atoms with Gasteiger partial charge in [0.2, 0.25) is 0 Å². The number of allylic oxidation sites excluding steroid dienone is 3. The minimum atomic E-state index is -0.276. The monoisotopic (exact) mass is 210 g/mol. The number of hydrogen-bond donors (Lipinski definition) is 0. The molecule has 0 atom stereocenters. The minimum Gasteiger partial charge on any atom is -0.466 e. The molecule has 0 aromatic heterocycles. The molecule has 0 spiro atoms. The highest BCUT2D eigenvalue weighted by molar-refractivity contribution is 5.81. The highest BCUT2D eigenvalue weighted by Crippen LogP contribution is 2.01. The Kier molecular flexibility index (Phi) is 10.3. The highest BCUT2D eigenvalue weighted by Gasteiger charge is 1.88. The molecule has 0 aromatic carbocycles. The third-order valence-electron chi connectivity index (χ3n) is 2.10. The van der Waals surface area contributed by atoms with Crippen molar-refractivity contribution in [3.8, 4) is 0 Å². The van der Waals surface area contributed by atoms with Crippen LogP contribution in [0.5, 0.6) is 0 Å². The molecule has 2 heteroatoms. The normalized spacial score (nSPS) is 11.3. The summed E-state index contributed by atoms with van der Waals surface area (Å²) in [5.41, 5.74) is 0. The second kappa shape index (κ2) is 11.0. The Morgan fingerprint density at radius 3 is 2.40 bits per heavy atom. The van der Waals surface area contributed by atoms with Crippen LogP contribution < -0.4 is 0 Å². The maximum Gasteiger partial charge on any atom is 0.330 e. The molecule has 0 unspecified atom stereocenters. The van der Waals surface area contributed by atoms with E-state index in [0.717, 1.165) is 12.8 Å². The van der Waals surface area contributed by atoms with Gasteiger partial charge in [-0.25, -0.2) is 4.79 Å². The summed E-state index contributed by atoms with van der Waals surface area (Å²) in [7, 11) is 1.39. The Balaban J connectivity index is 3.30. The minimum absolute atomic E-state index is 0.276. The van der Waals surface area contributed by atoms with E-state index in [1.165, 1.54) is 38.9 Å². The van der Waals surface area contributed by atoms with Crippen LogP contribution in [-0.2, 0) is 9.53 Å². The van der Waals surface area contributed by atoms with E-state index in [9.17, 15) is 4.79 Å². The molecule has 0 amide bonds. The number of carbonyl (C=O) groups excluding carboxylic acids is 1. The van der Waals surface area contributed by atoms with Crippen LogP contribution in [-0.4, -0.2) is 13.1 Å². The van der Waals surface area contributed by atoms with Gasteiger partial charge in [0.25, 0.3) is 0 Å². The number of unbranched alkanes of at least 4 members (excludes halogenated alkanes) is 4. The number of rotatable bonds is 8. The summed E-state index contributed by atoms with van der Waals surface area (Å²) in [5, 5.41) is 0. The molecule has 0 saturated heterocycles. The second-order valence-electron chi connectivity index (χ2n) is 3.47. The third-order valence-corrected chi connectivity index (χ3v) is 2.10. The second-order valence-corrected chi connectivity index (χ2v) is 3.47. The Morgan fingerprint density at radius 2 is 1.73 bits per heavy atom. The molecule has 0 heterocycles. The fraction of sp³-hybridized carbons (Fsp3) is 0.615. The Bertz CT molecular complexity index is 205. The molecule has 0 N–H and O–H groups in total. The summed E-state index contributed by atoms with van der Waals surface area (Å²) in [6, 6.07) is 0. The molecule has 0 saturated carbocycles. The summed E-state index contributed by atoms with van der Waals surface area (Å²) in [6.07, 6.45) is 14.7. The van der Waals surface area contributed by atoms with Crippen molar-refractivity contribution >= 4 is 5.97 Å². The summed E-state index contributed by atoms with van der Waals surface area (Å²) < 4.78 is 4.48. The quantitative estimate of drug-likeness (QED) is 0.265. The van der Waals surface area contributed by atoms with E-state index < -0.39 is 0 Å². The molecule has 0 rings (SSSR count). The van der Waals surface area contributed by atoms with Crippen LogP contribution in [0.15, 0.2) is 24.3 Å². The molecular weight excluding hydrogens is 188 g/mol. The van der Waals surface area contributed by atoms with E-state index in [0.29, 0.717) is 0 Å². The zero-order chi connectivity index (χ0) is 11.4. The molecule has 0 aliphatic heterocycles. The van der Waals surface area contributed by atoms with Gasteiger partial charge in [0.1, 0.15) is 0 Å². The van der Waals surface area contributed by atoms with Crippen molar-refractivity contribution < 1.29 is 9.53 Å². The number of carbonyl (C=O) groups is 1. The summed E-state index contributed by atoms with van der Waals surface area (Å²) in [5.74, 6) is -0.276. The maximum atomic E-state index is 10.7. The standard InChI is InChI=1S/C13H22O2/c1-3-4-5-6-7-8-9-10-11-12-13(14)15-2/h7-8,11-12H,3-6,9-10H2,1-2H3/b8-7?,12-11+. The fourth-order valence-electron chi connectivity index (χ4n) is 1.19. The lowest BCUT2D eigenvalue weighted by molar-refractivity contribution is -0.134. The lowest BCUT2D eigenvalue weighted by Crippen LogP contribution is -1.93. The molecule has 15 heavy (non-hydrogen) atoms. The van der Waals surface area contributed by atoms with Gasteiger partial charge in [-0.15, -0.1) is 0 Å². The summed E-state index contributed by atoms with van der Waals surface area (Å²) in [4.78, 5) is 10.7. The van der Waals surface area contributed by atoms with Gasteiger partial charge in [0, 0.05) is 6.08 Å². The van der Waals surface area contributed by atoms with Gasteiger partial charge in [-0.05, 0) is 25.7 Å². The van der Waals surface area contributed by atoms with Crippen LogP contribution in [0.25, 0.3) is 0 Å². The molecule has 86 valence electrons. The fourth-order valence-corrected chi connectivity index (χ4v) is 1.19. The topological polar surface area (TPSA) is 26.3 Å². The molecule has 0 bridgehead atoms. The lowest BCUT2D eigenvalue weighted by atomic mass is 10.2. The van der Waals surface area contributed by atoms with E-state index in [4.69, 9.17) is 0 Å². The SMILES string of the molecule is CCCCCC=CCC/C=C/C(=O)OC. The van der Waals surface area contributed by atoms with Crippen molar-refractivity contribution in [3.63, 3.8) is 0 Å². The van der Waals surface area contributed by atoms with Crippen LogP contribution in [0.2, 0.25) is 0 Å². The zero-order valence-electron chi connectivity index (χ0n) is 9.87. The number of methoxy groups -OCH3 is 1. The number of hydrogen-bond acceptors (Lipinski definition) is 2. The van der Waals surface area contributed by atoms with Crippen molar-refractivity contribution in [2.45, 2.75) is 45.4 Å². The molecule has 0 radical (unpaired) electrons. The van der Waals surface area contributed by atoms with E-state index in [-0.39, 0.29) is 5.97 Å². The van der Waals surface area contributed by atoms with Gasteiger partial charge in [-0.1, -0.05) is 38.0 Å². The van der Waals surface area contributed by atoms with E-state index in [1.54, 1.807) is 0 Å². The number of ether oxygens (including phenoxy) is 1. The average Bonchev–Trinajstić information content (AvgIpc) is 2.26. The highest BCUT2D eigenvalue weighted by atomic mass is 16.5. The summed E-state index contributed by atoms with van der Waals surface area (Å²) in [6.45, 7) is 2.21. The van der Waals surface area contributed by atoms with Crippen molar-refractivity contribution in [1.29, 1.82) is 0 Å². The average molecular weight is 210 g/mol. The van der Waals surface area contributed by atoms with Crippen LogP contribution in [0.4, 0.5) is 0 Å². The molecule has 0 aliphatic rings. The van der Waals surface area contributed by atoms with Crippen LogP contribution in [0.3, 0.4) is 0 Å². The summed E-state index contributed by atoms with van der Waals surface area (Å²) >= 11 is 0. The predicted octanol–water partition coefficient (Wildman–Crippen LogP) is 3.63. The van der Waals surface area contributed by atoms with Gasteiger partial charge in [0.05, 0.1) is 7.11 Å². The Morgan fingerprint density at radius 1 is 1.07 bits per heavy atom. The van der Waals surface area contributed by atoms with Crippen LogP contribution in [0.1, 0.15) is 45.4 Å². The third kappa shape index (κ3) is 10.9. The lowest BCUT2D eigenvalue weighted by Gasteiger charge is -1.92. The number of esters is 1. The van der Waals surface area contributed by atoms with Crippen molar-refractivity contribution in [2.75, 3.05) is 7.11 Å². The first-order valence-electron chi connectivity index (χ1n) is 5.70. The van der Waals surface area contributed by atoms with E-state index >= 15 is 0 Å². The van der Waals surface area contributed by atoms with Crippen molar-refractivity contribution in [3.05, 3.63) is 24.3 Å². The largest absolute Gasteiger partial charge is 0.466 e. The predicted molar refractivity (Wildman–Crippen MR) is 63.7 cm³/mol. The van der Waals surface area contributed by atoms with Gasteiger partial charge in [0.15, 0.2) is 0 Å². The first-order chi connectivity index (χ1) is 7.31. The Hall–Kier alpha value is -1.05. The van der Waals surface area contributed by atoms with Crippen LogP contribution >= 0.6 is 0 Å². The first-order valence-corrected chi connectivity index (χ1v) is 5.70. The molecule has 2 nitrogen and oxygen atoms in total.